The third-order valence-electron chi connectivity index (χ3n) is 6.06. The van der Waals surface area contributed by atoms with Crippen molar-refractivity contribution in [2.45, 2.75) is 32.5 Å². The number of hydrogen-bond acceptors (Lipinski definition) is 4. The molecule has 33 heavy (non-hydrogen) atoms. The smallest absolute Gasteiger partial charge is 0.246 e. The molecule has 2 saturated heterocycles. The van der Waals surface area contributed by atoms with E-state index in [4.69, 9.17) is 16.3 Å². The molecular weight excluding hydrogens is 445 g/mol. The number of halogens is 2. The van der Waals surface area contributed by atoms with E-state index in [-0.39, 0.29) is 29.7 Å². The molecule has 0 aliphatic carbocycles. The monoisotopic (exact) mass is 471 g/mol. The van der Waals surface area contributed by atoms with Gasteiger partial charge in [-0.2, -0.15) is 0 Å². The van der Waals surface area contributed by atoms with Gasteiger partial charge in [-0.25, -0.2) is 4.39 Å². The van der Waals surface area contributed by atoms with Gasteiger partial charge in [0.2, 0.25) is 11.8 Å². The lowest BCUT2D eigenvalue weighted by Crippen LogP contribution is -2.64. The Morgan fingerprint density at radius 3 is 2.48 bits per heavy atom. The molecule has 8 heteroatoms. The van der Waals surface area contributed by atoms with Gasteiger partial charge >= 0.3 is 0 Å². The van der Waals surface area contributed by atoms with Crippen molar-refractivity contribution in [1.82, 2.24) is 9.80 Å². The van der Waals surface area contributed by atoms with Gasteiger partial charge in [0.15, 0.2) is 0 Å². The summed E-state index contributed by atoms with van der Waals surface area (Å²) >= 11 is 6.20. The van der Waals surface area contributed by atoms with Crippen molar-refractivity contribution < 1.29 is 18.7 Å². The second kappa shape index (κ2) is 10.0. The molecule has 2 aromatic carbocycles. The number of piperazine rings is 1. The standard InChI is InChI=1S/C25H27ClFN3O3/c1-16-9-19(24(10-23(16)26)28-17(2)31)5-8-25(32)29-12-21-14-33-15-22(13-29)30(21)11-18-3-6-20(27)7-4-18/h3-10,21-22H,11-15H2,1-2H3,(H,28,31)/b8-5+. The predicted molar refractivity (Wildman–Crippen MR) is 126 cm³/mol. The Kier molecular flexibility index (Phi) is 7.12. The molecule has 174 valence electrons. The number of anilines is 1. The quantitative estimate of drug-likeness (QED) is 0.672. The molecule has 2 aliphatic rings. The Hall–Kier alpha value is -2.74. The van der Waals surface area contributed by atoms with Crippen LogP contribution in [-0.2, 0) is 20.9 Å². The zero-order valence-corrected chi connectivity index (χ0v) is 19.4. The maximum Gasteiger partial charge on any atom is 0.246 e. The molecule has 2 aliphatic heterocycles. The summed E-state index contributed by atoms with van der Waals surface area (Å²) < 4.78 is 19.0. The third kappa shape index (κ3) is 5.61. The lowest BCUT2D eigenvalue weighted by atomic mass is 10.0. The molecule has 6 nitrogen and oxygen atoms in total. The molecule has 2 amide bonds. The highest BCUT2D eigenvalue weighted by Crippen LogP contribution is 2.27. The lowest BCUT2D eigenvalue weighted by molar-refractivity contribution is -0.141. The summed E-state index contributed by atoms with van der Waals surface area (Å²) in [6.07, 6.45) is 3.26. The molecule has 2 unspecified atom stereocenters. The van der Waals surface area contributed by atoms with Crippen LogP contribution in [-0.4, -0.2) is 60.0 Å². The zero-order valence-electron chi connectivity index (χ0n) is 18.7. The van der Waals surface area contributed by atoms with Crippen LogP contribution in [0.25, 0.3) is 6.08 Å². The third-order valence-corrected chi connectivity index (χ3v) is 6.47. The minimum atomic E-state index is -0.248. The first-order valence-corrected chi connectivity index (χ1v) is 11.3. The highest BCUT2D eigenvalue weighted by molar-refractivity contribution is 6.31. The first kappa shape index (κ1) is 23.4. The first-order chi connectivity index (χ1) is 15.8. The molecule has 2 bridgehead atoms. The van der Waals surface area contributed by atoms with Gasteiger partial charge in [-0.15, -0.1) is 0 Å². The van der Waals surface area contributed by atoms with Crippen molar-refractivity contribution in [1.29, 1.82) is 0 Å². The van der Waals surface area contributed by atoms with Crippen molar-refractivity contribution in [2.24, 2.45) is 0 Å². The number of nitrogens with zero attached hydrogens (tertiary/aromatic N) is 2. The predicted octanol–water partition coefficient (Wildman–Crippen LogP) is 3.87. The number of fused-ring (bicyclic) bond motifs is 2. The van der Waals surface area contributed by atoms with Gasteiger partial charge in [-0.1, -0.05) is 23.7 Å². The number of hydrogen-bond donors (Lipinski definition) is 1. The minimum Gasteiger partial charge on any atom is -0.378 e. The number of morpholine rings is 1. The number of carbonyl (C=O) groups is 2. The van der Waals surface area contributed by atoms with Gasteiger partial charge in [0.05, 0.1) is 25.3 Å². The summed E-state index contributed by atoms with van der Waals surface area (Å²) in [5.74, 6) is -0.544. The van der Waals surface area contributed by atoms with Crippen LogP contribution < -0.4 is 5.32 Å². The van der Waals surface area contributed by atoms with E-state index >= 15 is 0 Å². The van der Waals surface area contributed by atoms with Crippen molar-refractivity contribution in [2.75, 3.05) is 31.6 Å². The average Bonchev–Trinajstić information content (AvgIpc) is 2.76. The molecule has 4 rings (SSSR count). The van der Waals surface area contributed by atoms with E-state index in [1.165, 1.54) is 19.1 Å². The van der Waals surface area contributed by atoms with Gasteiger partial charge in [0.25, 0.3) is 0 Å². The van der Waals surface area contributed by atoms with Crippen LogP contribution in [0.1, 0.15) is 23.6 Å². The molecule has 2 heterocycles. The first-order valence-electron chi connectivity index (χ1n) is 10.9. The van der Waals surface area contributed by atoms with E-state index in [1.807, 2.05) is 17.9 Å². The molecule has 0 saturated carbocycles. The fourth-order valence-electron chi connectivity index (χ4n) is 4.37. The van der Waals surface area contributed by atoms with Crippen LogP contribution in [0.4, 0.5) is 10.1 Å². The summed E-state index contributed by atoms with van der Waals surface area (Å²) in [7, 11) is 0. The van der Waals surface area contributed by atoms with Gasteiger partial charge in [-0.3, -0.25) is 14.5 Å². The molecular formula is C25H27ClFN3O3. The molecule has 2 fully saturated rings. The second-order valence-electron chi connectivity index (χ2n) is 8.59. The molecule has 1 N–H and O–H groups in total. The Balaban J connectivity index is 1.46. The number of rotatable bonds is 5. The van der Waals surface area contributed by atoms with Gasteiger partial charge in [0.1, 0.15) is 5.82 Å². The molecule has 0 spiro atoms. The Bertz CT molecular complexity index is 1060. The SMILES string of the molecule is CC(=O)Nc1cc(Cl)c(C)cc1/C=C/C(=O)N1CC2COCC(C1)N2Cc1ccc(F)cc1. The molecule has 0 radical (unpaired) electrons. The zero-order chi connectivity index (χ0) is 23.5. The Labute approximate surface area is 198 Å². The van der Waals surface area contributed by atoms with E-state index in [9.17, 15) is 14.0 Å². The van der Waals surface area contributed by atoms with Crippen LogP contribution in [0.5, 0.6) is 0 Å². The fraction of sp³-hybridized carbons (Fsp3) is 0.360. The van der Waals surface area contributed by atoms with Crippen LogP contribution >= 0.6 is 11.6 Å². The summed E-state index contributed by atoms with van der Waals surface area (Å²) in [5, 5.41) is 3.31. The number of amides is 2. The van der Waals surface area contributed by atoms with Crippen LogP contribution in [0.2, 0.25) is 5.02 Å². The Morgan fingerprint density at radius 1 is 1.18 bits per heavy atom. The summed E-state index contributed by atoms with van der Waals surface area (Å²) in [4.78, 5) is 28.8. The Morgan fingerprint density at radius 2 is 1.85 bits per heavy atom. The highest BCUT2D eigenvalue weighted by atomic mass is 35.5. The fourth-order valence-corrected chi connectivity index (χ4v) is 4.54. The van der Waals surface area contributed by atoms with Crippen molar-refractivity contribution >= 4 is 35.2 Å². The van der Waals surface area contributed by atoms with Crippen molar-refractivity contribution in [3.8, 4) is 0 Å². The van der Waals surface area contributed by atoms with Crippen molar-refractivity contribution in [3.05, 3.63) is 70.0 Å². The lowest BCUT2D eigenvalue weighted by Gasteiger charge is -2.49. The number of benzene rings is 2. The van der Waals surface area contributed by atoms with E-state index in [0.717, 1.165) is 16.7 Å². The normalized spacial score (nSPS) is 20.8. The van der Waals surface area contributed by atoms with E-state index in [1.54, 1.807) is 30.4 Å². The van der Waals surface area contributed by atoms with E-state index in [2.05, 4.69) is 10.2 Å². The molecule has 2 atom stereocenters. The number of aryl methyl sites for hydroxylation is 1. The number of nitrogens with one attached hydrogen (secondary N) is 1. The number of ether oxygens (including phenoxy) is 1. The van der Waals surface area contributed by atoms with E-state index < -0.39 is 0 Å². The molecule has 2 aromatic rings. The number of carbonyl (C=O) groups excluding carboxylic acids is 2. The van der Waals surface area contributed by atoms with Crippen molar-refractivity contribution in [3.63, 3.8) is 0 Å². The molecule has 0 aromatic heterocycles. The highest BCUT2D eigenvalue weighted by Gasteiger charge is 2.39. The summed E-state index contributed by atoms with van der Waals surface area (Å²) in [6, 6.07) is 10.2. The topological polar surface area (TPSA) is 61.9 Å². The summed E-state index contributed by atoms with van der Waals surface area (Å²) in [6.45, 7) is 6.21. The average molecular weight is 472 g/mol. The maximum absolute atomic E-state index is 13.2. The van der Waals surface area contributed by atoms with Gasteiger partial charge in [-0.05, 0) is 54.0 Å². The van der Waals surface area contributed by atoms with E-state index in [0.29, 0.717) is 43.6 Å². The van der Waals surface area contributed by atoms with Gasteiger partial charge in [0, 0.05) is 43.3 Å². The minimum absolute atomic E-state index is 0.0765. The second-order valence-corrected chi connectivity index (χ2v) is 9.00. The maximum atomic E-state index is 13.2. The largest absolute Gasteiger partial charge is 0.378 e. The van der Waals surface area contributed by atoms with Crippen LogP contribution in [0.15, 0.2) is 42.5 Å². The summed E-state index contributed by atoms with van der Waals surface area (Å²) in [5.41, 5.74) is 3.19. The van der Waals surface area contributed by atoms with Gasteiger partial charge < -0.3 is 15.0 Å². The van der Waals surface area contributed by atoms with Crippen LogP contribution in [0.3, 0.4) is 0 Å². The van der Waals surface area contributed by atoms with Crippen LogP contribution in [0, 0.1) is 12.7 Å².